The van der Waals surface area contributed by atoms with Crippen LogP contribution in [0.5, 0.6) is 0 Å². The van der Waals surface area contributed by atoms with Gasteiger partial charge in [0.05, 0.1) is 11.0 Å². The van der Waals surface area contributed by atoms with Crippen LogP contribution in [0.4, 0.5) is 0 Å². The Bertz CT molecular complexity index is 2190. The second kappa shape index (κ2) is 8.94. The Kier molecular flexibility index (Phi) is 5.22. The Balaban J connectivity index is 1.33. The van der Waals surface area contributed by atoms with Crippen molar-refractivity contribution in [1.82, 2.24) is 4.57 Å². The molecule has 184 valence electrons. The molecule has 0 spiro atoms. The molecule has 3 heteroatoms. The standard InChI is InChI=1S/C36H22BrNS/c37-26-20-24(19-25(21-26)28-13-8-14-31-30-12-5-7-16-35(30)39-36(28)31)23-17-18-34-32(22-23)29-11-4-6-15-33(29)38(34)27-9-2-1-3-10-27/h1-22H. The number of para-hydroxylation sites is 2. The van der Waals surface area contributed by atoms with E-state index in [9.17, 15) is 0 Å². The van der Waals surface area contributed by atoms with Crippen LogP contribution in [0.25, 0.3) is 69.9 Å². The molecule has 2 heterocycles. The number of halogens is 1. The number of aromatic nitrogens is 1. The van der Waals surface area contributed by atoms with Gasteiger partial charge in [-0.1, -0.05) is 94.8 Å². The zero-order valence-corrected chi connectivity index (χ0v) is 23.3. The first-order chi connectivity index (χ1) is 19.2. The average molecular weight is 581 g/mol. The van der Waals surface area contributed by atoms with Crippen molar-refractivity contribution in [3.63, 3.8) is 0 Å². The molecule has 6 aromatic carbocycles. The van der Waals surface area contributed by atoms with Gasteiger partial charge < -0.3 is 4.57 Å². The summed E-state index contributed by atoms with van der Waals surface area (Å²) in [4.78, 5) is 0. The smallest absolute Gasteiger partial charge is 0.0541 e. The summed E-state index contributed by atoms with van der Waals surface area (Å²) in [6, 6.07) is 48.4. The molecule has 0 atom stereocenters. The number of thiophene rings is 1. The molecule has 0 amide bonds. The normalized spacial score (nSPS) is 11.7. The summed E-state index contributed by atoms with van der Waals surface area (Å²) < 4.78 is 6.11. The summed E-state index contributed by atoms with van der Waals surface area (Å²) in [6.07, 6.45) is 0. The number of hydrogen-bond acceptors (Lipinski definition) is 1. The van der Waals surface area contributed by atoms with Gasteiger partial charge >= 0.3 is 0 Å². The summed E-state index contributed by atoms with van der Waals surface area (Å²) in [5.41, 5.74) is 8.54. The predicted molar refractivity (Wildman–Crippen MR) is 172 cm³/mol. The van der Waals surface area contributed by atoms with Gasteiger partial charge in [0.2, 0.25) is 0 Å². The van der Waals surface area contributed by atoms with Crippen molar-refractivity contribution >= 4 is 69.2 Å². The average Bonchev–Trinajstić information content (AvgIpc) is 3.53. The molecule has 8 aromatic rings. The number of hydrogen-bond donors (Lipinski definition) is 0. The molecule has 0 bridgehead atoms. The number of fused-ring (bicyclic) bond motifs is 6. The van der Waals surface area contributed by atoms with Gasteiger partial charge in [-0.15, -0.1) is 11.3 Å². The van der Waals surface area contributed by atoms with Gasteiger partial charge in [0.25, 0.3) is 0 Å². The van der Waals surface area contributed by atoms with Gasteiger partial charge in [-0.25, -0.2) is 0 Å². The van der Waals surface area contributed by atoms with E-state index in [1.54, 1.807) is 0 Å². The van der Waals surface area contributed by atoms with Crippen LogP contribution in [0.15, 0.2) is 138 Å². The Morgan fingerprint density at radius 2 is 1.21 bits per heavy atom. The third-order valence-electron chi connectivity index (χ3n) is 7.63. The molecule has 0 aliphatic heterocycles. The molecule has 2 aromatic heterocycles. The van der Waals surface area contributed by atoms with E-state index in [-0.39, 0.29) is 0 Å². The van der Waals surface area contributed by atoms with Crippen molar-refractivity contribution in [1.29, 1.82) is 0 Å². The largest absolute Gasteiger partial charge is 0.309 e. The maximum absolute atomic E-state index is 3.83. The topological polar surface area (TPSA) is 4.93 Å². The first-order valence-corrected chi connectivity index (χ1v) is 14.7. The van der Waals surface area contributed by atoms with Gasteiger partial charge in [0.15, 0.2) is 0 Å². The highest BCUT2D eigenvalue weighted by Gasteiger charge is 2.15. The second-order valence-electron chi connectivity index (χ2n) is 9.93. The Hall–Kier alpha value is -4.18. The molecular formula is C36H22BrNS. The quantitative estimate of drug-likeness (QED) is 0.196. The fraction of sp³-hybridized carbons (Fsp3) is 0. The molecule has 1 nitrogen and oxygen atoms in total. The number of rotatable bonds is 3. The molecule has 0 N–H and O–H groups in total. The van der Waals surface area contributed by atoms with Crippen molar-refractivity contribution in [2.75, 3.05) is 0 Å². The molecule has 0 saturated carbocycles. The van der Waals surface area contributed by atoms with E-state index in [0.29, 0.717) is 0 Å². The summed E-state index contributed by atoms with van der Waals surface area (Å²) >= 11 is 5.71. The van der Waals surface area contributed by atoms with Crippen LogP contribution in [-0.2, 0) is 0 Å². The zero-order valence-electron chi connectivity index (χ0n) is 20.9. The minimum atomic E-state index is 1.08. The molecule has 39 heavy (non-hydrogen) atoms. The van der Waals surface area contributed by atoms with E-state index in [0.717, 1.165) is 4.47 Å². The highest BCUT2D eigenvalue weighted by molar-refractivity contribution is 9.10. The van der Waals surface area contributed by atoms with Crippen LogP contribution in [-0.4, -0.2) is 4.57 Å². The lowest BCUT2D eigenvalue weighted by molar-refractivity contribution is 1.18. The van der Waals surface area contributed by atoms with Gasteiger partial charge in [-0.2, -0.15) is 0 Å². The Morgan fingerprint density at radius 3 is 2.10 bits per heavy atom. The molecule has 0 fully saturated rings. The van der Waals surface area contributed by atoms with Gasteiger partial charge in [0.1, 0.15) is 0 Å². The molecule has 0 radical (unpaired) electrons. The molecular weight excluding hydrogens is 558 g/mol. The molecule has 0 aliphatic rings. The third-order valence-corrected chi connectivity index (χ3v) is 9.31. The molecule has 8 rings (SSSR count). The number of nitrogens with zero attached hydrogens (tertiary/aromatic N) is 1. The van der Waals surface area contributed by atoms with Crippen molar-refractivity contribution in [2.45, 2.75) is 0 Å². The Labute approximate surface area is 238 Å². The molecule has 0 unspecified atom stereocenters. The van der Waals surface area contributed by atoms with Gasteiger partial charge in [-0.3, -0.25) is 0 Å². The van der Waals surface area contributed by atoms with Crippen LogP contribution in [0, 0.1) is 0 Å². The van der Waals surface area contributed by atoms with Crippen molar-refractivity contribution in [3.8, 4) is 27.9 Å². The van der Waals surface area contributed by atoms with E-state index in [2.05, 4.69) is 154 Å². The first kappa shape index (κ1) is 22.8. The van der Waals surface area contributed by atoms with E-state index in [1.165, 1.54) is 69.9 Å². The Morgan fingerprint density at radius 1 is 0.487 bits per heavy atom. The van der Waals surface area contributed by atoms with Gasteiger partial charge in [0, 0.05) is 41.1 Å². The van der Waals surface area contributed by atoms with E-state index in [4.69, 9.17) is 0 Å². The maximum atomic E-state index is 3.83. The van der Waals surface area contributed by atoms with Crippen molar-refractivity contribution < 1.29 is 0 Å². The number of benzene rings is 6. The molecule has 0 aliphatic carbocycles. The van der Waals surface area contributed by atoms with Crippen LogP contribution < -0.4 is 0 Å². The monoisotopic (exact) mass is 579 g/mol. The third kappa shape index (κ3) is 3.65. The second-order valence-corrected chi connectivity index (χ2v) is 11.9. The van der Waals surface area contributed by atoms with E-state index >= 15 is 0 Å². The van der Waals surface area contributed by atoms with Crippen molar-refractivity contribution in [2.24, 2.45) is 0 Å². The van der Waals surface area contributed by atoms with Crippen LogP contribution in [0.1, 0.15) is 0 Å². The lowest BCUT2D eigenvalue weighted by atomic mass is 9.97. The molecule has 0 saturated heterocycles. The minimum Gasteiger partial charge on any atom is -0.309 e. The van der Waals surface area contributed by atoms with Crippen LogP contribution in [0.2, 0.25) is 0 Å². The summed E-state index contributed by atoms with van der Waals surface area (Å²) in [7, 11) is 0. The lowest BCUT2D eigenvalue weighted by Crippen LogP contribution is -1.92. The maximum Gasteiger partial charge on any atom is 0.0541 e. The van der Waals surface area contributed by atoms with Crippen LogP contribution >= 0.6 is 27.3 Å². The van der Waals surface area contributed by atoms with Crippen LogP contribution in [0.3, 0.4) is 0 Å². The lowest BCUT2D eigenvalue weighted by Gasteiger charge is -2.10. The van der Waals surface area contributed by atoms with E-state index < -0.39 is 0 Å². The van der Waals surface area contributed by atoms with Gasteiger partial charge in [-0.05, 0) is 76.9 Å². The highest BCUT2D eigenvalue weighted by Crippen LogP contribution is 2.42. The summed E-state index contributed by atoms with van der Waals surface area (Å²) in [5, 5.41) is 5.18. The van der Waals surface area contributed by atoms with E-state index in [1.807, 2.05) is 11.3 Å². The predicted octanol–water partition coefficient (Wildman–Crippen LogP) is 11.2. The fourth-order valence-electron chi connectivity index (χ4n) is 5.89. The summed E-state index contributed by atoms with van der Waals surface area (Å²) in [5.74, 6) is 0. The van der Waals surface area contributed by atoms with Crippen molar-refractivity contribution in [3.05, 3.63) is 138 Å². The minimum absolute atomic E-state index is 1.08. The summed E-state index contributed by atoms with van der Waals surface area (Å²) in [6.45, 7) is 0. The zero-order chi connectivity index (χ0) is 25.9. The fourth-order valence-corrected chi connectivity index (χ4v) is 7.63. The first-order valence-electron chi connectivity index (χ1n) is 13.0. The SMILES string of the molecule is Brc1cc(-c2ccc3c(c2)c2ccccc2n3-c2ccccc2)cc(-c2cccc3c2sc2ccccc23)c1. The highest BCUT2D eigenvalue weighted by atomic mass is 79.9.